The molecule has 1 aromatic carbocycles. The van der Waals surface area contributed by atoms with E-state index in [9.17, 15) is 0 Å². The molecule has 4 heteroatoms. The van der Waals surface area contributed by atoms with Gasteiger partial charge in [0.15, 0.2) is 5.82 Å². The number of nitrogen functional groups attached to an aromatic ring is 1. The smallest absolute Gasteiger partial charge is 0.165 e. The minimum Gasteiger partial charge on any atom is -0.461 e. The Hall–Kier alpha value is -2.36. The number of anilines is 1. The molecule has 2 aromatic heterocycles. The van der Waals surface area contributed by atoms with Gasteiger partial charge in [0.1, 0.15) is 17.2 Å². The van der Waals surface area contributed by atoms with E-state index in [0.29, 0.717) is 11.6 Å². The molecule has 4 nitrogen and oxygen atoms in total. The van der Waals surface area contributed by atoms with Crippen LogP contribution in [0.5, 0.6) is 0 Å². The number of fused-ring (bicyclic) bond motifs is 2. The van der Waals surface area contributed by atoms with Crippen LogP contribution in [0.2, 0.25) is 0 Å². The van der Waals surface area contributed by atoms with Crippen LogP contribution < -0.4 is 5.73 Å². The molecule has 0 spiro atoms. The molecule has 2 N–H and O–H groups in total. The van der Waals surface area contributed by atoms with Crippen molar-refractivity contribution in [3.8, 4) is 11.4 Å². The van der Waals surface area contributed by atoms with E-state index in [0.717, 1.165) is 46.4 Å². The highest BCUT2D eigenvalue weighted by molar-refractivity contribution is 5.93. The van der Waals surface area contributed by atoms with Crippen LogP contribution in [0.25, 0.3) is 22.4 Å². The number of nitrogens with zero attached hydrogens (tertiary/aromatic N) is 2. The summed E-state index contributed by atoms with van der Waals surface area (Å²) < 4.78 is 5.82. The first-order valence-corrected chi connectivity index (χ1v) is 7.38. The van der Waals surface area contributed by atoms with Crippen LogP contribution in [-0.4, -0.2) is 9.97 Å². The lowest BCUT2D eigenvalue weighted by atomic mass is 9.96. The van der Waals surface area contributed by atoms with E-state index in [4.69, 9.17) is 15.1 Å². The molecule has 0 saturated heterocycles. The number of furan rings is 1. The number of rotatable bonds is 1. The lowest BCUT2D eigenvalue weighted by Crippen LogP contribution is -2.11. The van der Waals surface area contributed by atoms with E-state index < -0.39 is 0 Å². The highest BCUT2D eigenvalue weighted by Crippen LogP contribution is 2.34. The second kappa shape index (κ2) is 4.58. The van der Waals surface area contributed by atoms with Crippen molar-refractivity contribution >= 4 is 16.8 Å². The number of nitrogens with two attached hydrogens (primary N) is 1. The Kier molecular flexibility index (Phi) is 2.70. The molecule has 0 amide bonds. The summed E-state index contributed by atoms with van der Waals surface area (Å²) in [5, 5.41) is 1.05. The zero-order valence-corrected chi connectivity index (χ0v) is 12.0. The average molecular weight is 279 g/mol. The molecule has 4 rings (SSSR count). The van der Waals surface area contributed by atoms with E-state index in [1.54, 1.807) is 0 Å². The minimum atomic E-state index is 0.624. The van der Waals surface area contributed by atoms with Gasteiger partial charge in [-0.3, -0.25) is 0 Å². The van der Waals surface area contributed by atoms with Crippen molar-refractivity contribution in [2.24, 2.45) is 0 Å². The zero-order chi connectivity index (χ0) is 14.4. The topological polar surface area (TPSA) is 64.9 Å². The van der Waals surface area contributed by atoms with E-state index >= 15 is 0 Å². The molecular formula is C17H17N3O. The number of benzene rings is 1. The van der Waals surface area contributed by atoms with Crippen LogP contribution in [0.1, 0.15) is 29.9 Å². The fourth-order valence-electron chi connectivity index (χ4n) is 3.18. The Morgan fingerprint density at radius 3 is 2.81 bits per heavy atom. The maximum atomic E-state index is 6.16. The summed E-state index contributed by atoms with van der Waals surface area (Å²) in [6, 6.07) is 7.98. The van der Waals surface area contributed by atoms with Gasteiger partial charge in [0.25, 0.3) is 0 Å². The fraction of sp³-hybridized carbons (Fsp3) is 0.294. The van der Waals surface area contributed by atoms with E-state index in [1.807, 2.05) is 31.2 Å². The van der Waals surface area contributed by atoms with Crippen molar-refractivity contribution in [1.29, 1.82) is 0 Å². The molecule has 106 valence electrons. The molecule has 0 fully saturated rings. The molecule has 0 atom stereocenters. The van der Waals surface area contributed by atoms with Crippen molar-refractivity contribution in [3.63, 3.8) is 0 Å². The first-order chi connectivity index (χ1) is 10.2. The van der Waals surface area contributed by atoms with Crippen LogP contribution in [0.4, 0.5) is 5.82 Å². The van der Waals surface area contributed by atoms with Crippen LogP contribution in [-0.2, 0) is 12.8 Å². The van der Waals surface area contributed by atoms with Gasteiger partial charge in [-0.05, 0) is 38.7 Å². The summed E-state index contributed by atoms with van der Waals surface area (Å²) in [4.78, 5) is 9.32. The first kappa shape index (κ1) is 12.4. The van der Waals surface area contributed by atoms with Crippen LogP contribution >= 0.6 is 0 Å². The van der Waals surface area contributed by atoms with E-state index in [2.05, 4.69) is 4.98 Å². The normalized spacial score (nSPS) is 14.3. The number of aromatic nitrogens is 2. The molecule has 21 heavy (non-hydrogen) atoms. The van der Waals surface area contributed by atoms with Gasteiger partial charge in [-0.25, -0.2) is 9.97 Å². The third-order valence-corrected chi connectivity index (χ3v) is 4.21. The van der Waals surface area contributed by atoms with Crippen LogP contribution in [0.15, 0.2) is 28.7 Å². The van der Waals surface area contributed by atoms with Crippen molar-refractivity contribution in [1.82, 2.24) is 9.97 Å². The molecule has 0 aliphatic heterocycles. The van der Waals surface area contributed by atoms with Crippen LogP contribution in [0.3, 0.4) is 0 Å². The maximum absolute atomic E-state index is 6.16. The number of aryl methyl sites for hydroxylation is 2. The van der Waals surface area contributed by atoms with Gasteiger partial charge in [-0.1, -0.05) is 18.2 Å². The molecule has 3 aromatic rings. The van der Waals surface area contributed by atoms with Gasteiger partial charge in [-0.15, -0.1) is 0 Å². The zero-order valence-electron chi connectivity index (χ0n) is 12.0. The third-order valence-electron chi connectivity index (χ3n) is 4.21. The van der Waals surface area contributed by atoms with Crippen LogP contribution in [0, 0.1) is 6.92 Å². The summed E-state index contributed by atoms with van der Waals surface area (Å²) >= 11 is 0. The van der Waals surface area contributed by atoms with Crippen molar-refractivity contribution in [3.05, 3.63) is 41.3 Å². The summed E-state index contributed by atoms with van der Waals surface area (Å²) in [7, 11) is 0. The molecule has 0 saturated carbocycles. The monoisotopic (exact) mass is 279 g/mol. The number of hydrogen-bond donors (Lipinski definition) is 1. The van der Waals surface area contributed by atoms with Crippen molar-refractivity contribution in [2.45, 2.75) is 32.6 Å². The van der Waals surface area contributed by atoms with E-state index in [-0.39, 0.29) is 0 Å². The largest absolute Gasteiger partial charge is 0.461 e. The summed E-state index contributed by atoms with van der Waals surface area (Å²) in [5.74, 6) is 2.15. The Morgan fingerprint density at radius 2 is 1.90 bits per heavy atom. The second-order valence-electron chi connectivity index (χ2n) is 5.59. The SMILES string of the molecule is Cc1oc2ccccc2c1-c1nc(N)c2c(n1)CCCC2. The summed E-state index contributed by atoms with van der Waals surface area (Å²) in [5.41, 5.74) is 10.2. The summed E-state index contributed by atoms with van der Waals surface area (Å²) in [6.07, 6.45) is 4.33. The third kappa shape index (κ3) is 1.90. The van der Waals surface area contributed by atoms with Gasteiger partial charge in [0.2, 0.25) is 0 Å². The molecular weight excluding hydrogens is 262 g/mol. The van der Waals surface area contributed by atoms with Crippen molar-refractivity contribution < 1.29 is 4.42 Å². The summed E-state index contributed by atoms with van der Waals surface area (Å²) in [6.45, 7) is 1.95. The maximum Gasteiger partial charge on any atom is 0.165 e. The number of para-hydroxylation sites is 1. The molecule has 2 heterocycles. The molecule has 1 aliphatic rings. The van der Waals surface area contributed by atoms with E-state index in [1.165, 1.54) is 12.8 Å². The minimum absolute atomic E-state index is 0.624. The fourth-order valence-corrected chi connectivity index (χ4v) is 3.18. The Balaban J connectivity index is 1.97. The molecule has 0 radical (unpaired) electrons. The predicted octanol–water partition coefficient (Wildman–Crippen LogP) is 3.66. The standard InChI is InChI=1S/C17H17N3O/c1-10-15(12-7-3-5-9-14(12)21-10)17-19-13-8-4-2-6-11(13)16(18)20-17/h3,5,7,9H,2,4,6,8H2,1H3,(H2,18,19,20). The first-order valence-electron chi connectivity index (χ1n) is 7.38. The lowest BCUT2D eigenvalue weighted by Gasteiger charge is -2.17. The molecule has 0 bridgehead atoms. The highest BCUT2D eigenvalue weighted by atomic mass is 16.3. The molecule has 0 unspecified atom stereocenters. The lowest BCUT2D eigenvalue weighted by molar-refractivity contribution is 0.579. The second-order valence-corrected chi connectivity index (χ2v) is 5.59. The average Bonchev–Trinajstić information content (AvgIpc) is 2.83. The van der Waals surface area contributed by atoms with Gasteiger partial charge in [-0.2, -0.15) is 0 Å². The Morgan fingerprint density at radius 1 is 1.10 bits per heavy atom. The van der Waals surface area contributed by atoms with Crippen molar-refractivity contribution in [2.75, 3.05) is 5.73 Å². The van der Waals surface area contributed by atoms with Gasteiger partial charge in [0.05, 0.1) is 5.56 Å². The Labute approximate surface area is 123 Å². The van der Waals surface area contributed by atoms with Gasteiger partial charge in [0, 0.05) is 16.6 Å². The quantitative estimate of drug-likeness (QED) is 0.738. The van der Waals surface area contributed by atoms with Gasteiger partial charge < -0.3 is 10.2 Å². The highest BCUT2D eigenvalue weighted by Gasteiger charge is 2.20. The number of hydrogen-bond acceptors (Lipinski definition) is 4. The molecule has 1 aliphatic carbocycles. The Bertz CT molecular complexity index is 835. The predicted molar refractivity (Wildman–Crippen MR) is 83.0 cm³/mol. The van der Waals surface area contributed by atoms with Gasteiger partial charge >= 0.3 is 0 Å².